The minimum absolute atomic E-state index is 0.406. The smallest absolute Gasteiger partial charge is 0.163 e. The number of hydrogen-bond donors (Lipinski definition) is 2. The minimum atomic E-state index is 0.406. The lowest BCUT2D eigenvalue weighted by Gasteiger charge is -2.05. The van der Waals surface area contributed by atoms with Gasteiger partial charge in [0, 0.05) is 13.2 Å². The number of hydrogen-bond acceptors (Lipinski definition) is 6. The monoisotopic (exact) mass is 292 g/mol. The first kappa shape index (κ1) is 12.8. The van der Waals surface area contributed by atoms with Gasteiger partial charge in [-0.05, 0) is 6.92 Å². The average molecular weight is 293 g/mol. The van der Waals surface area contributed by atoms with E-state index in [1.165, 1.54) is 0 Å². The maximum absolute atomic E-state index is 5.99. The summed E-state index contributed by atoms with van der Waals surface area (Å²) in [6.07, 6.45) is 3.41. The minimum Gasteiger partial charge on any atom is -0.308 e. The summed E-state index contributed by atoms with van der Waals surface area (Å²) < 4.78 is 3.36. The lowest BCUT2D eigenvalue weighted by molar-refractivity contribution is 0.649. The SMILES string of the molecule is Cc1nn(Cc2nc(NN)c3cnn(C)c3n2)cc1Cl. The number of aromatic nitrogens is 6. The topological polar surface area (TPSA) is 99.5 Å². The number of hydrazine groups is 1. The van der Waals surface area contributed by atoms with E-state index in [-0.39, 0.29) is 0 Å². The van der Waals surface area contributed by atoms with Crippen molar-refractivity contribution in [3.8, 4) is 0 Å². The number of halogens is 1. The molecule has 0 fully saturated rings. The molecule has 0 aromatic carbocycles. The average Bonchev–Trinajstić information content (AvgIpc) is 2.93. The number of anilines is 1. The molecule has 0 saturated carbocycles. The predicted octanol–water partition coefficient (Wildman–Crippen LogP) is 0.856. The largest absolute Gasteiger partial charge is 0.308 e. The highest BCUT2D eigenvalue weighted by Crippen LogP contribution is 2.19. The second-order valence-corrected chi connectivity index (χ2v) is 4.81. The summed E-state index contributed by atoms with van der Waals surface area (Å²) in [7, 11) is 1.81. The van der Waals surface area contributed by atoms with E-state index in [9.17, 15) is 0 Å². The maximum Gasteiger partial charge on any atom is 0.163 e. The van der Waals surface area contributed by atoms with Gasteiger partial charge in [0.1, 0.15) is 6.54 Å². The molecule has 3 aromatic rings. The van der Waals surface area contributed by atoms with Crippen molar-refractivity contribution in [3.63, 3.8) is 0 Å². The van der Waals surface area contributed by atoms with Gasteiger partial charge in [-0.15, -0.1) is 0 Å². The molecule has 0 aliphatic carbocycles. The van der Waals surface area contributed by atoms with Crippen LogP contribution >= 0.6 is 11.6 Å². The van der Waals surface area contributed by atoms with Crippen molar-refractivity contribution in [1.82, 2.24) is 29.5 Å². The summed E-state index contributed by atoms with van der Waals surface area (Å²) in [5.74, 6) is 6.61. The first-order chi connectivity index (χ1) is 9.58. The van der Waals surface area contributed by atoms with Crippen LogP contribution in [-0.4, -0.2) is 29.5 Å². The zero-order chi connectivity index (χ0) is 14.3. The highest BCUT2D eigenvalue weighted by molar-refractivity contribution is 6.31. The number of aryl methyl sites for hydroxylation is 2. The van der Waals surface area contributed by atoms with E-state index >= 15 is 0 Å². The van der Waals surface area contributed by atoms with E-state index < -0.39 is 0 Å². The molecule has 0 aliphatic heterocycles. The van der Waals surface area contributed by atoms with Gasteiger partial charge in [0.05, 0.1) is 22.3 Å². The van der Waals surface area contributed by atoms with Crippen LogP contribution in [0.2, 0.25) is 5.02 Å². The molecule has 3 heterocycles. The van der Waals surface area contributed by atoms with Crippen molar-refractivity contribution in [2.75, 3.05) is 5.43 Å². The van der Waals surface area contributed by atoms with Crippen molar-refractivity contribution < 1.29 is 0 Å². The van der Waals surface area contributed by atoms with Gasteiger partial charge in [-0.3, -0.25) is 9.36 Å². The van der Waals surface area contributed by atoms with Crippen LogP contribution in [0.3, 0.4) is 0 Å². The molecule has 0 bridgehead atoms. The van der Waals surface area contributed by atoms with Crippen molar-refractivity contribution >= 4 is 28.5 Å². The Balaban J connectivity index is 2.04. The Kier molecular flexibility index (Phi) is 3.03. The van der Waals surface area contributed by atoms with Crippen LogP contribution in [0, 0.1) is 6.92 Å². The summed E-state index contributed by atoms with van der Waals surface area (Å²) >= 11 is 5.99. The fraction of sp³-hybridized carbons (Fsp3) is 0.273. The molecule has 0 amide bonds. The van der Waals surface area contributed by atoms with Gasteiger partial charge in [0.25, 0.3) is 0 Å². The number of nitrogen functional groups attached to an aromatic ring is 1. The highest BCUT2D eigenvalue weighted by atomic mass is 35.5. The Morgan fingerprint density at radius 1 is 1.40 bits per heavy atom. The van der Waals surface area contributed by atoms with Crippen LogP contribution < -0.4 is 11.3 Å². The summed E-state index contributed by atoms with van der Waals surface area (Å²) in [6.45, 7) is 2.25. The van der Waals surface area contributed by atoms with Crippen LogP contribution in [0.5, 0.6) is 0 Å². The molecule has 0 saturated heterocycles. The fourth-order valence-corrected chi connectivity index (χ4v) is 2.12. The molecule has 0 radical (unpaired) electrons. The van der Waals surface area contributed by atoms with Crippen molar-refractivity contribution in [3.05, 3.63) is 28.9 Å². The first-order valence-electron chi connectivity index (χ1n) is 5.93. The van der Waals surface area contributed by atoms with Gasteiger partial charge in [0.2, 0.25) is 0 Å². The van der Waals surface area contributed by atoms with Crippen molar-refractivity contribution in [1.29, 1.82) is 0 Å². The van der Waals surface area contributed by atoms with Crippen LogP contribution in [-0.2, 0) is 13.6 Å². The number of nitrogens with zero attached hydrogens (tertiary/aromatic N) is 6. The molecular formula is C11H13ClN8. The summed E-state index contributed by atoms with van der Waals surface area (Å²) in [5, 5.41) is 9.81. The molecule has 0 unspecified atom stereocenters. The second kappa shape index (κ2) is 4.73. The van der Waals surface area contributed by atoms with Crippen LogP contribution in [0.4, 0.5) is 5.82 Å². The Morgan fingerprint density at radius 2 is 2.20 bits per heavy atom. The Labute approximate surface area is 119 Å². The highest BCUT2D eigenvalue weighted by Gasteiger charge is 2.12. The molecule has 3 rings (SSSR count). The molecule has 0 atom stereocenters. The quantitative estimate of drug-likeness (QED) is 0.548. The molecule has 3 aromatic heterocycles. The third kappa shape index (κ3) is 2.08. The van der Waals surface area contributed by atoms with Gasteiger partial charge < -0.3 is 5.43 Å². The van der Waals surface area contributed by atoms with Crippen LogP contribution in [0.15, 0.2) is 12.4 Å². The van der Waals surface area contributed by atoms with E-state index in [4.69, 9.17) is 17.4 Å². The van der Waals surface area contributed by atoms with E-state index in [0.717, 1.165) is 11.1 Å². The lowest BCUT2D eigenvalue weighted by Crippen LogP contribution is -2.13. The summed E-state index contributed by atoms with van der Waals surface area (Å²) in [4.78, 5) is 8.83. The number of nitrogens with two attached hydrogens (primary N) is 1. The van der Waals surface area contributed by atoms with E-state index in [1.54, 1.807) is 21.8 Å². The van der Waals surface area contributed by atoms with Crippen LogP contribution in [0.1, 0.15) is 11.5 Å². The molecule has 0 spiro atoms. The number of nitrogens with one attached hydrogen (secondary N) is 1. The summed E-state index contributed by atoms with van der Waals surface area (Å²) in [6, 6.07) is 0. The van der Waals surface area contributed by atoms with E-state index in [0.29, 0.717) is 28.9 Å². The normalized spacial score (nSPS) is 11.2. The number of fused-ring (bicyclic) bond motifs is 1. The summed E-state index contributed by atoms with van der Waals surface area (Å²) in [5.41, 5.74) is 4.04. The van der Waals surface area contributed by atoms with Crippen LogP contribution in [0.25, 0.3) is 11.0 Å². The molecule has 0 aliphatic rings. The molecule has 3 N–H and O–H groups in total. The van der Waals surface area contributed by atoms with Gasteiger partial charge in [-0.1, -0.05) is 11.6 Å². The van der Waals surface area contributed by atoms with Gasteiger partial charge in [-0.2, -0.15) is 10.2 Å². The maximum atomic E-state index is 5.99. The molecule has 20 heavy (non-hydrogen) atoms. The van der Waals surface area contributed by atoms with E-state index in [1.807, 2.05) is 14.0 Å². The third-order valence-electron chi connectivity index (χ3n) is 2.96. The zero-order valence-electron chi connectivity index (χ0n) is 11.0. The van der Waals surface area contributed by atoms with Crippen molar-refractivity contribution in [2.24, 2.45) is 12.9 Å². The molecular weight excluding hydrogens is 280 g/mol. The third-order valence-corrected chi connectivity index (χ3v) is 3.34. The van der Waals surface area contributed by atoms with Gasteiger partial charge in [-0.25, -0.2) is 15.8 Å². The van der Waals surface area contributed by atoms with E-state index in [2.05, 4.69) is 25.6 Å². The molecule has 9 heteroatoms. The Hall–Kier alpha value is -2.19. The van der Waals surface area contributed by atoms with Crippen molar-refractivity contribution in [2.45, 2.75) is 13.5 Å². The van der Waals surface area contributed by atoms with Gasteiger partial charge >= 0.3 is 0 Å². The standard InChI is InChI=1S/C11H13ClN8/c1-6-8(12)4-20(18-6)5-9-15-10(17-13)7-3-14-19(2)11(7)16-9/h3-4H,5,13H2,1-2H3,(H,15,16,17). The Bertz CT molecular complexity index is 755. The number of rotatable bonds is 3. The second-order valence-electron chi connectivity index (χ2n) is 4.40. The zero-order valence-corrected chi connectivity index (χ0v) is 11.8. The lowest BCUT2D eigenvalue weighted by atomic mass is 10.4. The Morgan fingerprint density at radius 3 is 2.85 bits per heavy atom. The predicted molar refractivity (Wildman–Crippen MR) is 75.2 cm³/mol. The molecule has 8 nitrogen and oxygen atoms in total. The molecule has 104 valence electrons. The first-order valence-corrected chi connectivity index (χ1v) is 6.31. The van der Waals surface area contributed by atoms with Gasteiger partial charge in [0.15, 0.2) is 17.3 Å². The fourth-order valence-electron chi connectivity index (χ4n) is 1.97.